The van der Waals surface area contributed by atoms with Crippen LogP contribution in [0, 0.1) is 0 Å². The second-order valence-corrected chi connectivity index (χ2v) is 7.30. The number of anilines is 1. The van der Waals surface area contributed by atoms with Gasteiger partial charge in [-0.05, 0) is 23.3 Å². The minimum Gasteiger partial charge on any atom is -0.493 e. The van der Waals surface area contributed by atoms with Crippen molar-refractivity contribution in [2.24, 2.45) is 10.7 Å². The number of hydrogen-bond donors (Lipinski definition) is 1. The molecule has 0 spiro atoms. The van der Waals surface area contributed by atoms with Crippen molar-refractivity contribution in [1.29, 1.82) is 0 Å². The van der Waals surface area contributed by atoms with Crippen molar-refractivity contribution < 1.29 is 19.1 Å². The molecular formula is C25H23N3O4. The maximum atomic E-state index is 12.7. The zero-order valence-electron chi connectivity index (χ0n) is 18.1. The van der Waals surface area contributed by atoms with Crippen LogP contribution in [0.25, 0.3) is 11.1 Å². The molecule has 7 heteroatoms. The van der Waals surface area contributed by atoms with Gasteiger partial charge >= 0.3 is 0 Å². The minimum atomic E-state index is -0.577. The number of aliphatic imine (C=N–C) groups is 1. The van der Waals surface area contributed by atoms with Crippen LogP contribution in [0.5, 0.6) is 11.5 Å². The van der Waals surface area contributed by atoms with Crippen LogP contribution in [0.2, 0.25) is 0 Å². The standard InChI is InChI=1S/C25H23N3O4/c1-28-19-13-21(32-3)20(31-2)12-18(19)24(27-14-22(28)29)23-16(15-8-5-4-6-9-15)10-7-11-17(23)25(26)30/h4-13H,14H2,1-3H3,(H2,26,30). The number of carbonyl (C=O) groups excluding carboxylic acids is 2. The molecule has 0 fully saturated rings. The van der Waals surface area contributed by atoms with Gasteiger partial charge in [-0.25, -0.2) is 0 Å². The fraction of sp³-hybridized carbons (Fsp3) is 0.160. The first-order valence-electron chi connectivity index (χ1n) is 10.0. The molecule has 4 rings (SSSR count). The highest BCUT2D eigenvalue weighted by Gasteiger charge is 2.28. The zero-order chi connectivity index (χ0) is 22.8. The summed E-state index contributed by atoms with van der Waals surface area (Å²) in [6.45, 7) is -0.0769. The number of rotatable bonds is 5. The van der Waals surface area contributed by atoms with Crippen molar-refractivity contribution in [2.75, 3.05) is 32.7 Å². The Morgan fingerprint density at radius 3 is 2.31 bits per heavy atom. The first kappa shape index (κ1) is 21.1. The number of hydrogen-bond acceptors (Lipinski definition) is 5. The maximum absolute atomic E-state index is 12.7. The molecule has 0 unspecified atom stereocenters. The molecule has 3 aromatic rings. The Morgan fingerprint density at radius 2 is 1.66 bits per heavy atom. The molecular weight excluding hydrogens is 406 g/mol. The summed E-state index contributed by atoms with van der Waals surface area (Å²) >= 11 is 0. The number of benzene rings is 3. The smallest absolute Gasteiger partial charge is 0.249 e. The molecule has 1 aliphatic rings. The molecule has 7 nitrogen and oxygen atoms in total. The Morgan fingerprint density at radius 1 is 0.969 bits per heavy atom. The van der Waals surface area contributed by atoms with Crippen molar-refractivity contribution >= 4 is 23.2 Å². The summed E-state index contributed by atoms with van der Waals surface area (Å²) in [4.78, 5) is 31.4. The van der Waals surface area contributed by atoms with Crippen LogP contribution in [0.3, 0.4) is 0 Å². The monoisotopic (exact) mass is 429 g/mol. The number of likely N-dealkylation sites (N-methyl/N-ethyl adjacent to an activating group) is 1. The number of amides is 2. The number of carbonyl (C=O) groups is 2. The predicted octanol–water partition coefficient (Wildman–Crippen LogP) is 3.28. The zero-order valence-corrected chi connectivity index (χ0v) is 18.1. The van der Waals surface area contributed by atoms with Gasteiger partial charge in [0.2, 0.25) is 11.8 Å². The molecule has 2 N–H and O–H groups in total. The molecule has 3 aromatic carbocycles. The van der Waals surface area contributed by atoms with E-state index < -0.39 is 5.91 Å². The molecule has 1 aliphatic heterocycles. The van der Waals surface area contributed by atoms with Gasteiger partial charge in [-0.2, -0.15) is 0 Å². The van der Waals surface area contributed by atoms with Gasteiger partial charge in [0.1, 0.15) is 6.54 Å². The molecule has 0 saturated carbocycles. The molecule has 32 heavy (non-hydrogen) atoms. The van der Waals surface area contributed by atoms with Gasteiger partial charge in [0.05, 0.1) is 25.6 Å². The lowest BCUT2D eigenvalue weighted by atomic mass is 9.88. The van der Waals surface area contributed by atoms with Gasteiger partial charge in [0, 0.05) is 29.8 Å². The van der Waals surface area contributed by atoms with Crippen LogP contribution in [0.1, 0.15) is 21.5 Å². The third-order valence-electron chi connectivity index (χ3n) is 5.52. The molecule has 0 aromatic heterocycles. The van der Waals surface area contributed by atoms with E-state index in [2.05, 4.69) is 4.99 Å². The summed E-state index contributed by atoms with van der Waals surface area (Å²) in [6.07, 6.45) is 0. The number of ether oxygens (including phenoxy) is 2. The lowest BCUT2D eigenvalue weighted by Crippen LogP contribution is -2.27. The second kappa shape index (κ2) is 8.55. The van der Waals surface area contributed by atoms with E-state index in [1.165, 1.54) is 12.0 Å². The van der Waals surface area contributed by atoms with Gasteiger partial charge in [-0.3, -0.25) is 14.6 Å². The Kier molecular flexibility index (Phi) is 5.64. The summed E-state index contributed by atoms with van der Waals surface area (Å²) in [7, 11) is 4.76. The number of benzodiazepines with no additional fused rings is 1. The molecule has 0 aliphatic carbocycles. The number of fused-ring (bicyclic) bond motifs is 1. The fourth-order valence-corrected chi connectivity index (χ4v) is 3.89. The van der Waals surface area contributed by atoms with Crippen molar-refractivity contribution in [1.82, 2.24) is 0 Å². The average molecular weight is 429 g/mol. The van der Waals surface area contributed by atoms with Crippen molar-refractivity contribution in [3.63, 3.8) is 0 Å². The molecule has 1 heterocycles. The quantitative estimate of drug-likeness (QED) is 0.673. The molecule has 0 atom stereocenters. The van der Waals surface area contributed by atoms with Crippen LogP contribution in [0.15, 0.2) is 65.7 Å². The Bertz CT molecular complexity index is 1240. The lowest BCUT2D eigenvalue weighted by Gasteiger charge is -2.22. The van der Waals surface area contributed by atoms with Crippen LogP contribution in [0.4, 0.5) is 5.69 Å². The largest absolute Gasteiger partial charge is 0.493 e. The van der Waals surface area contributed by atoms with E-state index in [-0.39, 0.29) is 12.5 Å². The van der Waals surface area contributed by atoms with Crippen LogP contribution in [-0.4, -0.2) is 45.3 Å². The SMILES string of the molecule is COc1cc2c(cc1OC)N(C)C(=O)CN=C2c1c(C(N)=O)cccc1-c1ccccc1. The highest BCUT2D eigenvalue weighted by Crippen LogP contribution is 2.39. The summed E-state index contributed by atoms with van der Waals surface area (Å²) in [5, 5.41) is 0. The molecule has 0 saturated heterocycles. The van der Waals surface area contributed by atoms with E-state index in [1.807, 2.05) is 36.4 Å². The summed E-state index contributed by atoms with van der Waals surface area (Å²) < 4.78 is 11.0. The number of nitrogens with two attached hydrogens (primary N) is 1. The summed E-state index contributed by atoms with van der Waals surface area (Å²) in [5.74, 6) is 0.204. The fourth-order valence-electron chi connectivity index (χ4n) is 3.89. The minimum absolute atomic E-state index is 0.0769. The molecule has 0 bridgehead atoms. The number of nitrogens with zero attached hydrogens (tertiary/aromatic N) is 2. The van der Waals surface area contributed by atoms with Gasteiger partial charge in [-0.15, -0.1) is 0 Å². The van der Waals surface area contributed by atoms with E-state index in [4.69, 9.17) is 15.2 Å². The third-order valence-corrected chi connectivity index (χ3v) is 5.52. The van der Waals surface area contributed by atoms with Crippen molar-refractivity contribution in [3.8, 4) is 22.6 Å². The molecule has 162 valence electrons. The summed E-state index contributed by atoms with van der Waals surface area (Å²) in [5.41, 5.74) is 10.1. The maximum Gasteiger partial charge on any atom is 0.249 e. The van der Waals surface area contributed by atoms with Crippen LogP contribution < -0.4 is 20.1 Å². The normalized spacial score (nSPS) is 13.2. The van der Waals surface area contributed by atoms with Gasteiger partial charge in [0.25, 0.3) is 0 Å². The van der Waals surface area contributed by atoms with E-state index in [0.29, 0.717) is 39.6 Å². The van der Waals surface area contributed by atoms with Gasteiger partial charge in [-0.1, -0.05) is 42.5 Å². The Labute approximate surface area is 186 Å². The third kappa shape index (κ3) is 3.58. The second-order valence-electron chi connectivity index (χ2n) is 7.30. The van der Waals surface area contributed by atoms with E-state index >= 15 is 0 Å². The van der Waals surface area contributed by atoms with E-state index in [9.17, 15) is 9.59 Å². The van der Waals surface area contributed by atoms with Crippen molar-refractivity contribution in [3.05, 3.63) is 77.4 Å². The number of methoxy groups -OCH3 is 2. The van der Waals surface area contributed by atoms with Gasteiger partial charge < -0.3 is 20.1 Å². The average Bonchev–Trinajstić information content (AvgIpc) is 2.94. The van der Waals surface area contributed by atoms with Crippen LogP contribution >= 0.6 is 0 Å². The first-order valence-corrected chi connectivity index (χ1v) is 10.0. The van der Waals surface area contributed by atoms with Crippen LogP contribution in [-0.2, 0) is 4.79 Å². The molecule has 2 amide bonds. The first-order chi connectivity index (χ1) is 15.5. The van der Waals surface area contributed by atoms with E-state index in [1.54, 1.807) is 38.4 Å². The topological polar surface area (TPSA) is 94.2 Å². The van der Waals surface area contributed by atoms with E-state index in [0.717, 1.165) is 11.1 Å². The predicted molar refractivity (Wildman–Crippen MR) is 124 cm³/mol. The van der Waals surface area contributed by atoms with Crippen molar-refractivity contribution in [2.45, 2.75) is 0 Å². The Balaban J connectivity index is 2.08. The van der Waals surface area contributed by atoms with Gasteiger partial charge in [0.15, 0.2) is 11.5 Å². The molecule has 0 radical (unpaired) electrons. The highest BCUT2D eigenvalue weighted by molar-refractivity contribution is 6.25. The number of primary amides is 1. The lowest BCUT2D eigenvalue weighted by molar-refractivity contribution is -0.116. The highest BCUT2D eigenvalue weighted by atomic mass is 16.5. The Hall–Kier alpha value is -4.13. The summed E-state index contributed by atoms with van der Waals surface area (Å²) in [6, 6.07) is 18.5.